The molecule has 5 nitrogen and oxygen atoms in total. The van der Waals surface area contributed by atoms with E-state index in [1.54, 1.807) is 18.2 Å². The third kappa shape index (κ3) is 2.98. The molecule has 1 aromatic carbocycles. The zero-order chi connectivity index (χ0) is 14.0. The Morgan fingerprint density at radius 1 is 1.47 bits per heavy atom. The highest BCUT2D eigenvalue weighted by Gasteiger charge is 2.27. The molecule has 0 aromatic heterocycles. The summed E-state index contributed by atoms with van der Waals surface area (Å²) in [6.07, 6.45) is 0.797. The Kier molecular flexibility index (Phi) is 3.95. The van der Waals surface area contributed by atoms with Gasteiger partial charge in [0.05, 0.1) is 10.7 Å². The van der Waals surface area contributed by atoms with Crippen LogP contribution in [0, 0.1) is 0 Å². The average molecular weight is 283 g/mol. The van der Waals surface area contributed by atoms with Gasteiger partial charge in [-0.05, 0) is 18.6 Å². The van der Waals surface area contributed by atoms with Gasteiger partial charge < -0.3 is 15.3 Å². The number of nitrogens with zero attached hydrogens (tertiary/aromatic N) is 1. The van der Waals surface area contributed by atoms with Gasteiger partial charge >= 0.3 is 5.97 Å². The van der Waals surface area contributed by atoms with Crippen molar-refractivity contribution in [2.45, 2.75) is 19.4 Å². The minimum absolute atomic E-state index is 0.0538. The van der Waals surface area contributed by atoms with E-state index in [9.17, 15) is 14.7 Å². The van der Waals surface area contributed by atoms with Gasteiger partial charge in [-0.15, -0.1) is 0 Å². The van der Waals surface area contributed by atoms with E-state index < -0.39 is 5.97 Å². The predicted molar refractivity (Wildman–Crippen MR) is 72.8 cm³/mol. The maximum atomic E-state index is 11.3. The van der Waals surface area contributed by atoms with Crippen molar-refractivity contribution in [3.8, 4) is 0 Å². The number of amides is 1. The van der Waals surface area contributed by atoms with Crippen LogP contribution in [0.1, 0.15) is 23.7 Å². The van der Waals surface area contributed by atoms with Gasteiger partial charge in [0.15, 0.2) is 0 Å². The quantitative estimate of drug-likeness (QED) is 0.886. The number of nitrogens with one attached hydrogen (secondary N) is 1. The second-order valence-corrected chi connectivity index (χ2v) is 4.98. The molecule has 2 N–H and O–H groups in total. The first-order valence-corrected chi connectivity index (χ1v) is 6.40. The van der Waals surface area contributed by atoms with E-state index >= 15 is 0 Å². The number of halogens is 1. The number of carbonyl (C=O) groups excluding carboxylic acids is 1. The fraction of sp³-hybridized carbons (Fsp3) is 0.385. The van der Waals surface area contributed by atoms with Crippen molar-refractivity contribution in [3.05, 3.63) is 28.8 Å². The largest absolute Gasteiger partial charge is 0.478 e. The van der Waals surface area contributed by atoms with E-state index in [4.69, 9.17) is 11.6 Å². The fourth-order valence-electron chi connectivity index (χ4n) is 2.37. The number of hydrogen-bond acceptors (Lipinski definition) is 3. The Hall–Kier alpha value is -1.75. The normalized spacial score (nSPS) is 18.4. The van der Waals surface area contributed by atoms with Gasteiger partial charge in [-0.25, -0.2) is 4.79 Å². The molecular weight excluding hydrogens is 268 g/mol. The van der Waals surface area contributed by atoms with Crippen LogP contribution in [0.15, 0.2) is 18.2 Å². The molecule has 2 rings (SSSR count). The molecule has 1 heterocycles. The number of aromatic carboxylic acids is 1. The Bertz CT molecular complexity index is 519. The Morgan fingerprint density at radius 2 is 2.21 bits per heavy atom. The summed E-state index contributed by atoms with van der Waals surface area (Å²) in [6, 6.07) is 5.09. The molecule has 102 valence electrons. The second-order valence-electron chi connectivity index (χ2n) is 4.57. The lowest BCUT2D eigenvalue weighted by Crippen LogP contribution is -2.35. The minimum Gasteiger partial charge on any atom is -0.478 e. The molecule has 1 amide bonds. The highest BCUT2D eigenvalue weighted by Crippen LogP contribution is 2.30. The molecule has 0 saturated carbocycles. The van der Waals surface area contributed by atoms with E-state index in [0.717, 1.165) is 6.42 Å². The summed E-state index contributed by atoms with van der Waals surface area (Å²) >= 11 is 5.95. The molecule has 6 heteroatoms. The highest BCUT2D eigenvalue weighted by atomic mass is 35.5. The number of carboxylic acids is 1. The van der Waals surface area contributed by atoms with Gasteiger partial charge in [-0.3, -0.25) is 4.79 Å². The van der Waals surface area contributed by atoms with Gasteiger partial charge in [0.25, 0.3) is 0 Å². The molecule has 1 aromatic rings. The molecule has 1 fully saturated rings. The van der Waals surface area contributed by atoms with Crippen molar-refractivity contribution in [2.75, 3.05) is 18.0 Å². The van der Waals surface area contributed by atoms with Crippen LogP contribution in [0.25, 0.3) is 0 Å². The smallest absolute Gasteiger partial charge is 0.339 e. The number of carboxylic acid groups (broad SMARTS) is 1. The number of rotatable bonds is 3. The number of benzene rings is 1. The van der Waals surface area contributed by atoms with Crippen LogP contribution in [0.3, 0.4) is 0 Å². The van der Waals surface area contributed by atoms with Crippen LogP contribution in [-0.2, 0) is 4.79 Å². The Labute approximate surface area is 116 Å². The lowest BCUT2D eigenvalue weighted by molar-refractivity contribution is -0.119. The van der Waals surface area contributed by atoms with Crippen LogP contribution in [0.5, 0.6) is 0 Å². The number of carbonyl (C=O) groups is 2. The summed E-state index contributed by atoms with van der Waals surface area (Å²) in [5.41, 5.74) is 0.723. The van der Waals surface area contributed by atoms with Crippen molar-refractivity contribution in [2.24, 2.45) is 0 Å². The summed E-state index contributed by atoms with van der Waals surface area (Å²) < 4.78 is 0. The summed E-state index contributed by atoms with van der Waals surface area (Å²) in [7, 11) is 0. The zero-order valence-corrected chi connectivity index (χ0v) is 11.3. The number of hydrogen-bond donors (Lipinski definition) is 2. The van der Waals surface area contributed by atoms with E-state index in [1.165, 1.54) is 6.92 Å². The first-order valence-electron chi connectivity index (χ1n) is 6.03. The maximum absolute atomic E-state index is 11.3. The van der Waals surface area contributed by atoms with Crippen molar-refractivity contribution in [3.63, 3.8) is 0 Å². The van der Waals surface area contributed by atoms with Gasteiger partial charge in [0, 0.05) is 26.1 Å². The second kappa shape index (κ2) is 5.48. The molecule has 1 aliphatic rings. The standard InChI is InChI=1S/C13H15ClN2O3/c1-8(17)15-9-5-6-16(7-9)11-4-2-3-10(14)12(11)13(18)19/h2-4,9H,5-7H2,1H3,(H,15,17)(H,18,19). The van der Waals surface area contributed by atoms with Crippen molar-refractivity contribution < 1.29 is 14.7 Å². The summed E-state index contributed by atoms with van der Waals surface area (Å²) in [5.74, 6) is -1.11. The number of anilines is 1. The van der Waals surface area contributed by atoms with E-state index in [2.05, 4.69) is 5.32 Å². The van der Waals surface area contributed by atoms with Gasteiger partial charge in [0.2, 0.25) is 5.91 Å². The van der Waals surface area contributed by atoms with E-state index in [0.29, 0.717) is 18.8 Å². The predicted octanol–water partition coefficient (Wildman–Crippen LogP) is 1.75. The molecule has 0 aliphatic carbocycles. The topological polar surface area (TPSA) is 69.6 Å². The van der Waals surface area contributed by atoms with Crippen LogP contribution in [0.4, 0.5) is 5.69 Å². The third-order valence-corrected chi connectivity index (χ3v) is 3.46. The SMILES string of the molecule is CC(=O)NC1CCN(c2cccc(Cl)c2C(=O)O)C1. The molecule has 1 unspecified atom stereocenters. The first-order chi connectivity index (χ1) is 8.99. The molecular formula is C13H15ClN2O3. The maximum Gasteiger partial charge on any atom is 0.339 e. The van der Waals surface area contributed by atoms with Gasteiger partial charge in [-0.1, -0.05) is 17.7 Å². The van der Waals surface area contributed by atoms with Crippen LogP contribution in [-0.4, -0.2) is 36.1 Å². The fourth-order valence-corrected chi connectivity index (χ4v) is 2.62. The summed E-state index contributed by atoms with van der Waals surface area (Å²) in [6.45, 7) is 2.77. The lowest BCUT2D eigenvalue weighted by atomic mass is 10.1. The monoisotopic (exact) mass is 282 g/mol. The van der Waals surface area contributed by atoms with Crippen molar-refractivity contribution in [1.82, 2.24) is 5.32 Å². The minimum atomic E-state index is -1.04. The van der Waals surface area contributed by atoms with E-state index in [-0.39, 0.29) is 22.5 Å². The molecule has 1 saturated heterocycles. The van der Waals surface area contributed by atoms with Gasteiger partial charge in [0.1, 0.15) is 5.56 Å². The molecule has 0 radical (unpaired) electrons. The zero-order valence-electron chi connectivity index (χ0n) is 10.5. The third-order valence-electron chi connectivity index (χ3n) is 3.14. The highest BCUT2D eigenvalue weighted by molar-refractivity contribution is 6.34. The molecule has 0 bridgehead atoms. The van der Waals surface area contributed by atoms with E-state index in [1.807, 2.05) is 4.90 Å². The Morgan fingerprint density at radius 3 is 2.84 bits per heavy atom. The Balaban J connectivity index is 2.22. The molecule has 1 aliphatic heterocycles. The lowest BCUT2D eigenvalue weighted by Gasteiger charge is -2.21. The molecule has 0 spiro atoms. The molecule has 19 heavy (non-hydrogen) atoms. The first kappa shape index (κ1) is 13.7. The van der Waals surface area contributed by atoms with Crippen LogP contribution < -0.4 is 10.2 Å². The van der Waals surface area contributed by atoms with Crippen LogP contribution >= 0.6 is 11.6 Å². The van der Waals surface area contributed by atoms with Crippen LogP contribution in [0.2, 0.25) is 5.02 Å². The van der Waals surface area contributed by atoms with Crippen molar-refractivity contribution >= 4 is 29.2 Å². The summed E-state index contributed by atoms with van der Waals surface area (Å²) in [4.78, 5) is 24.2. The summed E-state index contributed by atoms with van der Waals surface area (Å²) in [5, 5.41) is 12.3. The average Bonchev–Trinajstić information content (AvgIpc) is 2.75. The van der Waals surface area contributed by atoms with Crippen molar-refractivity contribution in [1.29, 1.82) is 0 Å². The van der Waals surface area contributed by atoms with Gasteiger partial charge in [-0.2, -0.15) is 0 Å². The molecule has 1 atom stereocenters.